The second kappa shape index (κ2) is 6.72. The SMILES string of the molecule is O=C(CNCc1cccc2ccccc12)N1CCCCC1. The molecule has 2 aromatic carbocycles. The van der Waals surface area contributed by atoms with Gasteiger partial charge in [-0.2, -0.15) is 0 Å². The second-order valence-electron chi connectivity index (χ2n) is 5.68. The fourth-order valence-corrected chi connectivity index (χ4v) is 3.01. The zero-order chi connectivity index (χ0) is 14.5. The first-order chi connectivity index (χ1) is 10.3. The van der Waals surface area contributed by atoms with Crippen LogP contribution in [0.2, 0.25) is 0 Å². The molecule has 0 radical (unpaired) electrons. The van der Waals surface area contributed by atoms with E-state index in [0.717, 1.165) is 32.5 Å². The van der Waals surface area contributed by atoms with Gasteiger partial charge < -0.3 is 10.2 Å². The maximum Gasteiger partial charge on any atom is 0.236 e. The molecule has 0 atom stereocenters. The summed E-state index contributed by atoms with van der Waals surface area (Å²) in [5.41, 5.74) is 1.25. The summed E-state index contributed by atoms with van der Waals surface area (Å²) in [6, 6.07) is 14.7. The zero-order valence-electron chi connectivity index (χ0n) is 12.3. The van der Waals surface area contributed by atoms with Gasteiger partial charge in [0.05, 0.1) is 6.54 Å². The molecule has 3 nitrogen and oxygen atoms in total. The topological polar surface area (TPSA) is 32.3 Å². The molecular weight excluding hydrogens is 260 g/mol. The molecule has 0 bridgehead atoms. The lowest BCUT2D eigenvalue weighted by Gasteiger charge is -2.26. The molecule has 0 spiro atoms. The van der Waals surface area contributed by atoms with Gasteiger partial charge in [-0.15, -0.1) is 0 Å². The Labute approximate surface area is 125 Å². The van der Waals surface area contributed by atoms with Crippen LogP contribution in [0, 0.1) is 0 Å². The molecule has 21 heavy (non-hydrogen) atoms. The number of amides is 1. The molecule has 1 aliphatic rings. The van der Waals surface area contributed by atoms with Crippen molar-refractivity contribution >= 4 is 16.7 Å². The van der Waals surface area contributed by atoms with Gasteiger partial charge in [0, 0.05) is 19.6 Å². The highest BCUT2D eigenvalue weighted by Crippen LogP contribution is 2.18. The molecule has 1 fully saturated rings. The van der Waals surface area contributed by atoms with E-state index in [-0.39, 0.29) is 5.91 Å². The summed E-state index contributed by atoms with van der Waals surface area (Å²) in [5, 5.41) is 5.81. The van der Waals surface area contributed by atoms with E-state index in [1.165, 1.54) is 22.8 Å². The molecule has 1 aliphatic heterocycles. The number of rotatable bonds is 4. The highest BCUT2D eigenvalue weighted by atomic mass is 16.2. The van der Waals surface area contributed by atoms with Crippen molar-refractivity contribution in [1.29, 1.82) is 0 Å². The minimum absolute atomic E-state index is 0.231. The number of carbonyl (C=O) groups excluding carboxylic acids is 1. The minimum atomic E-state index is 0.231. The fraction of sp³-hybridized carbons (Fsp3) is 0.389. The van der Waals surface area contributed by atoms with Gasteiger partial charge in [0.15, 0.2) is 0 Å². The van der Waals surface area contributed by atoms with Gasteiger partial charge in [-0.1, -0.05) is 42.5 Å². The van der Waals surface area contributed by atoms with Crippen LogP contribution in [0.3, 0.4) is 0 Å². The molecule has 0 aliphatic carbocycles. The maximum atomic E-state index is 12.1. The van der Waals surface area contributed by atoms with Crippen molar-refractivity contribution < 1.29 is 4.79 Å². The third-order valence-corrected chi connectivity index (χ3v) is 4.18. The maximum absolute atomic E-state index is 12.1. The van der Waals surface area contributed by atoms with Crippen LogP contribution in [0.4, 0.5) is 0 Å². The summed E-state index contributed by atoms with van der Waals surface area (Å²) in [5.74, 6) is 0.231. The fourth-order valence-electron chi connectivity index (χ4n) is 3.01. The lowest BCUT2D eigenvalue weighted by Crippen LogP contribution is -2.40. The summed E-state index contributed by atoms with van der Waals surface area (Å²) in [6.45, 7) is 3.02. The lowest BCUT2D eigenvalue weighted by molar-refractivity contribution is -0.131. The molecule has 3 heteroatoms. The Kier molecular flexibility index (Phi) is 4.51. The van der Waals surface area contributed by atoms with Gasteiger partial charge in [0.1, 0.15) is 0 Å². The molecule has 0 unspecified atom stereocenters. The quantitative estimate of drug-likeness (QED) is 0.935. The summed E-state index contributed by atoms with van der Waals surface area (Å²) >= 11 is 0. The number of benzene rings is 2. The smallest absolute Gasteiger partial charge is 0.236 e. The summed E-state index contributed by atoms with van der Waals surface area (Å²) in [7, 11) is 0. The standard InChI is InChI=1S/C18H22N2O/c21-18(20-11-4-1-5-12-20)14-19-13-16-9-6-8-15-7-2-3-10-17(15)16/h2-3,6-10,19H,1,4-5,11-14H2. The Hall–Kier alpha value is -1.87. The van der Waals surface area contributed by atoms with Crippen molar-refractivity contribution in [2.24, 2.45) is 0 Å². The highest BCUT2D eigenvalue weighted by molar-refractivity contribution is 5.85. The van der Waals surface area contributed by atoms with Crippen LogP contribution >= 0.6 is 0 Å². The van der Waals surface area contributed by atoms with Gasteiger partial charge in [-0.25, -0.2) is 0 Å². The number of carbonyl (C=O) groups is 1. The van der Waals surface area contributed by atoms with E-state index < -0.39 is 0 Å². The molecule has 2 aromatic rings. The molecule has 0 saturated carbocycles. The highest BCUT2D eigenvalue weighted by Gasteiger charge is 2.15. The van der Waals surface area contributed by atoms with E-state index in [2.05, 4.69) is 47.8 Å². The first kappa shape index (κ1) is 14.1. The van der Waals surface area contributed by atoms with Crippen LogP contribution in [-0.4, -0.2) is 30.4 Å². The predicted molar refractivity (Wildman–Crippen MR) is 86.1 cm³/mol. The van der Waals surface area contributed by atoms with E-state index in [0.29, 0.717) is 6.54 Å². The van der Waals surface area contributed by atoms with Crippen molar-refractivity contribution in [1.82, 2.24) is 10.2 Å². The Bertz CT molecular complexity index is 612. The van der Waals surface area contributed by atoms with E-state index in [9.17, 15) is 4.79 Å². The average Bonchev–Trinajstić information content (AvgIpc) is 2.56. The Balaban J connectivity index is 1.58. The summed E-state index contributed by atoms with van der Waals surface area (Å²) in [4.78, 5) is 14.1. The van der Waals surface area contributed by atoms with E-state index in [1.54, 1.807) is 0 Å². The van der Waals surface area contributed by atoms with Crippen LogP contribution in [0.5, 0.6) is 0 Å². The van der Waals surface area contributed by atoms with Crippen LogP contribution in [0.15, 0.2) is 42.5 Å². The zero-order valence-corrected chi connectivity index (χ0v) is 12.3. The number of piperidine rings is 1. The van der Waals surface area contributed by atoms with Crippen molar-refractivity contribution in [3.8, 4) is 0 Å². The molecule has 3 rings (SSSR count). The second-order valence-corrected chi connectivity index (χ2v) is 5.68. The van der Waals surface area contributed by atoms with Gasteiger partial charge in [-0.05, 0) is 35.6 Å². The van der Waals surface area contributed by atoms with Crippen molar-refractivity contribution in [2.45, 2.75) is 25.8 Å². The van der Waals surface area contributed by atoms with Gasteiger partial charge >= 0.3 is 0 Å². The molecule has 1 amide bonds. The summed E-state index contributed by atoms with van der Waals surface area (Å²) < 4.78 is 0. The van der Waals surface area contributed by atoms with Crippen LogP contribution < -0.4 is 5.32 Å². The van der Waals surface area contributed by atoms with Crippen molar-refractivity contribution in [3.63, 3.8) is 0 Å². The number of hydrogen-bond acceptors (Lipinski definition) is 2. The third kappa shape index (κ3) is 3.42. The number of fused-ring (bicyclic) bond motifs is 1. The van der Waals surface area contributed by atoms with Gasteiger partial charge in [-0.3, -0.25) is 4.79 Å². The minimum Gasteiger partial charge on any atom is -0.342 e. The Morgan fingerprint density at radius 1 is 1.00 bits per heavy atom. The molecule has 1 heterocycles. The monoisotopic (exact) mass is 282 g/mol. The molecule has 1 N–H and O–H groups in total. The van der Waals surface area contributed by atoms with E-state index in [4.69, 9.17) is 0 Å². The first-order valence-electron chi connectivity index (χ1n) is 7.80. The van der Waals surface area contributed by atoms with Gasteiger partial charge in [0.25, 0.3) is 0 Å². The molecule has 110 valence electrons. The van der Waals surface area contributed by atoms with Crippen molar-refractivity contribution in [2.75, 3.05) is 19.6 Å². The first-order valence-corrected chi connectivity index (χ1v) is 7.80. The summed E-state index contributed by atoms with van der Waals surface area (Å²) in [6.07, 6.45) is 3.55. The average molecular weight is 282 g/mol. The number of nitrogens with zero attached hydrogens (tertiary/aromatic N) is 1. The van der Waals surface area contributed by atoms with E-state index >= 15 is 0 Å². The number of hydrogen-bond donors (Lipinski definition) is 1. The Morgan fingerprint density at radius 2 is 1.76 bits per heavy atom. The Morgan fingerprint density at radius 3 is 2.62 bits per heavy atom. The molecule has 0 aromatic heterocycles. The van der Waals surface area contributed by atoms with E-state index in [1.807, 2.05) is 4.90 Å². The lowest BCUT2D eigenvalue weighted by atomic mass is 10.0. The number of likely N-dealkylation sites (tertiary alicyclic amines) is 1. The number of nitrogens with one attached hydrogen (secondary N) is 1. The molecule has 1 saturated heterocycles. The normalized spacial score (nSPS) is 15.3. The van der Waals surface area contributed by atoms with Gasteiger partial charge in [0.2, 0.25) is 5.91 Å². The predicted octanol–water partition coefficient (Wildman–Crippen LogP) is 2.94. The van der Waals surface area contributed by atoms with Crippen LogP contribution in [0.25, 0.3) is 10.8 Å². The third-order valence-electron chi connectivity index (χ3n) is 4.18. The largest absolute Gasteiger partial charge is 0.342 e. The van der Waals surface area contributed by atoms with Crippen LogP contribution in [-0.2, 0) is 11.3 Å². The molecular formula is C18H22N2O. The van der Waals surface area contributed by atoms with Crippen LogP contribution in [0.1, 0.15) is 24.8 Å². The van der Waals surface area contributed by atoms with Crippen molar-refractivity contribution in [3.05, 3.63) is 48.0 Å².